The second-order valence-electron chi connectivity index (χ2n) is 17.4. The van der Waals surface area contributed by atoms with Crippen LogP contribution >= 0.6 is 0 Å². The van der Waals surface area contributed by atoms with Gasteiger partial charge in [0.25, 0.3) is 0 Å². The lowest BCUT2D eigenvalue weighted by molar-refractivity contribution is -0.114. The van der Waals surface area contributed by atoms with Crippen LogP contribution < -0.4 is 0 Å². The Labute approximate surface area is 257 Å². The average Bonchev–Trinajstić information content (AvgIpc) is 3.48. The number of fused-ring (bicyclic) bond motifs is 2. The third-order valence-electron chi connectivity index (χ3n) is 15.4. The molecule has 0 aromatic rings. The standard InChI is InChI=1S/C41H72/c1-4-6-8-15-30-23-24-33(27-30)36-19-11-12-20-37(36)41-35(18-7-5-2)29(3)40(38-21-13-14-22-39(38)41)34-26-25-31-16-9-10-17-32(31)28-34/h29-41H,4-28H2,1-3H3. The van der Waals surface area contributed by atoms with Crippen LogP contribution in [0.2, 0.25) is 0 Å². The van der Waals surface area contributed by atoms with Crippen molar-refractivity contribution in [3.8, 4) is 0 Å². The zero-order valence-electron chi connectivity index (χ0n) is 28.2. The summed E-state index contributed by atoms with van der Waals surface area (Å²) >= 11 is 0. The first-order valence-electron chi connectivity index (χ1n) is 20.2. The lowest BCUT2D eigenvalue weighted by atomic mass is 9.45. The van der Waals surface area contributed by atoms with Crippen LogP contribution in [0.5, 0.6) is 0 Å². The molecule has 0 radical (unpaired) electrons. The monoisotopic (exact) mass is 565 g/mol. The van der Waals surface area contributed by atoms with Crippen molar-refractivity contribution in [3.05, 3.63) is 0 Å². The minimum Gasteiger partial charge on any atom is -0.0654 e. The Morgan fingerprint density at radius 3 is 1.76 bits per heavy atom. The van der Waals surface area contributed by atoms with E-state index in [9.17, 15) is 0 Å². The third-order valence-corrected chi connectivity index (χ3v) is 15.4. The Hall–Kier alpha value is 0. The highest BCUT2D eigenvalue weighted by Gasteiger charge is 2.55. The number of rotatable bonds is 10. The van der Waals surface area contributed by atoms with Crippen molar-refractivity contribution in [2.75, 3.05) is 0 Å². The smallest absolute Gasteiger partial charge is 0.0321 e. The average molecular weight is 565 g/mol. The molecule has 0 spiro atoms. The predicted octanol–water partition coefficient (Wildman–Crippen LogP) is 12.9. The quantitative estimate of drug-likeness (QED) is 0.231. The molecule has 6 fully saturated rings. The van der Waals surface area contributed by atoms with Crippen LogP contribution in [0.25, 0.3) is 0 Å². The molecule has 6 saturated carbocycles. The van der Waals surface area contributed by atoms with Crippen molar-refractivity contribution in [1.82, 2.24) is 0 Å². The summed E-state index contributed by atoms with van der Waals surface area (Å²) in [4.78, 5) is 0. The molecular weight excluding hydrogens is 492 g/mol. The van der Waals surface area contributed by atoms with E-state index in [0.29, 0.717) is 0 Å². The van der Waals surface area contributed by atoms with E-state index in [4.69, 9.17) is 0 Å². The highest BCUT2D eigenvalue weighted by molar-refractivity contribution is 5.04. The van der Waals surface area contributed by atoms with Gasteiger partial charge in [-0.3, -0.25) is 0 Å². The first-order chi connectivity index (χ1) is 20.2. The van der Waals surface area contributed by atoms with Crippen molar-refractivity contribution >= 4 is 0 Å². The molecule has 0 bridgehead atoms. The molecule has 0 N–H and O–H groups in total. The van der Waals surface area contributed by atoms with Crippen molar-refractivity contribution in [2.45, 2.75) is 181 Å². The topological polar surface area (TPSA) is 0 Å². The minimum atomic E-state index is 1.00. The van der Waals surface area contributed by atoms with Gasteiger partial charge in [0, 0.05) is 0 Å². The van der Waals surface area contributed by atoms with E-state index in [1.807, 2.05) is 0 Å². The molecule has 41 heavy (non-hydrogen) atoms. The summed E-state index contributed by atoms with van der Waals surface area (Å²) < 4.78 is 0. The molecule has 13 atom stereocenters. The Balaban J connectivity index is 1.23. The zero-order chi connectivity index (χ0) is 28.2. The van der Waals surface area contributed by atoms with Gasteiger partial charge in [-0.2, -0.15) is 0 Å². The van der Waals surface area contributed by atoms with Gasteiger partial charge < -0.3 is 0 Å². The molecule has 236 valence electrons. The summed E-state index contributed by atoms with van der Waals surface area (Å²) in [6.07, 6.45) is 39.0. The number of hydrogen-bond donors (Lipinski definition) is 0. The maximum atomic E-state index is 2.85. The van der Waals surface area contributed by atoms with Crippen molar-refractivity contribution < 1.29 is 0 Å². The van der Waals surface area contributed by atoms with Crippen LogP contribution in [0.3, 0.4) is 0 Å². The summed E-state index contributed by atoms with van der Waals surface area (Å²) in [5, 5.41) is 0. The van der Waals surface area contributed by atoms with Gasteiger partial charge in [-0.05, 0) is 141 Å². The fourth-order valence-electron chi connectivity index (χ4n) is 13.8. The molecule has 6 aliphatic carbocycles. The Morgan fingerprint density at radius 2 is 1.02 bits per heavy atom. The van der Waals surface area contributed by atoms with E-state index in [0.717, 1.165) is 76.9 Å². The van der Waals surface area contributed by atoms with Crippen LogP contribution in [0.15, 0.2) is 0 Å². The molecule has 0 nitrogen and oxygen atoms in total. The van der Waals surface area contributed by atoms with Gasteiger partial charge in [0.1, 0.15) is 0 Å². The summed E-state index contributed by atoms with van der Waals surface area (Å²) in [5.74, 6) is 14.1. The summed E-state index contributed by atoms with van der Waals surface area (Å²) in [6, 6.07) is 0. The molecule has 0 saturated heterocycles. The second kappa shape index (κ2) is 14.9. The molecule has 6 aliphatic rings. The maximum absolute atomic E-state index is 2.85. The van der Waals surface area contributed by atoms with Crippen LogP contribution in [0, 0.1) is 76.9 Å². The molecule has 6 rings (SSSR count). The molecule has 0 aliphatic heterocycles. The van der Waals surface area contributed by atoms with Crippen molar-refractivity contribution in [3.63, 3.8) is 0 Å². The van der Waals surface area contributed by atoms with E-state index >= 15 is 0 Å². The van der Waals surface area contributed by atoms with Gasteiger partial charge in [0.15, 0.2) is 0 Å². The van der Waals surface area contributed by atoms with Gasteiger partial charge in [-0.25, -0.2) is 0 Å². The first-order valence-corrected chi connectivity index (χ1v) is 20.2. The van der Waals surface area contributed by atoms with Gasteiger partial charge in [-0.1, -0.05) is 117 Å². The van der Waals surface area contributed by atoms with Crippen LogP contribution in [0.1, 0.15) is 181 Å². The normalized spacial score (nSPS) is 47.0. The summed E-state index contributed by atoms with van der Waals surface area (Å²) in [5.41, 5.74) is 0. The molecule has 0 amide bonds. The van der Waals surface area contributed by atoms with E-state index in [-0.39, 0.29) is 0 Å². The van der Waals surface area contributed by atoms with Gasteiger partial charge >= 0.3 is 0 Å². The Morgan fingerprint density at radius 1 is 0.439 bits per heavy atom. The van der Waals surface area contributed by atoms with E-state index in [1.165, 1.54) is 32.1 Å². The molecule has 13 unspecified atom stereocenters. The lowest BCUT2D eigenvalue weighted by Gasteiger charge is -2.60. The van der Waals surface area contributed by atoms with Crippen LogP contribution in [-0.4, -0.2) is 0 Å². The van der Waals surface area contributed by atoms with Gasteiger partial charge in [0.05, 0.1) is 0 Å². The van der Waals surface area contributed by atoms with E-state index in [2.05, 4.69) is 20.8 Å². The van der Waals surface area contributed by atoms with E-state index in [1.54, 1.807) is 128 Å². The molecular formula is C41H72. The van der Waals surface area contributed by atoms with Crippen molar-refractivity contribution in [1.29, 1.82) is 0 Å². The minimum absolute atomic E-state index is 1.00. The van der Waals surface area contributed by atoms with Crippen LogP contribution in [0.4, 0.5) is 0 Å². The SMILES string of the molecule is CCCCCC1CCC(C2CCCCC2C2C(CCCC)C(C)C(C3CCC4CCCCC4C3)C3CCCCC32)C1. The van der Waals surface area contributed by atoms with Crippen LogP contribution in [-0.2, 0) is 0 Å². The molecule has 0 heteroatoms. The van der Waals surface area contributed by atoms with Gasteiger partial charge in [0.2, 0.25) is 0 Å². The summed E-state index contributed by atoms with van der Waals surface area (Å²) in [7, 11) is 0. The fraction of sp³-hybridized carbons (Fsp3) is 1.00. The molecule has 0 aromatic heterocycles. The Kier molecular flexibility index (Phi) is 11.2. The molecule has 0 aromatic carbocycles. The largest absolute Gasteiger partial charge is 0.0654 e. The fourth-order valence-corrected chi connectivity index (χ4v) is 13.8. The maximum Gasteiger partial charge on any atom is -0.0321 e. The third kappa shape index (κ3) is 6.82. The number of hydrogen-bond acceptors (Lipinski definition) is 0. The number of unbranched alkanes of at least 4 members (excludes halogenated alkanes) is 3. The van der Waals surface area contributed by atoms with E-state index < -0.39 is 0 Å². The highest BCUT2D eigenvalue weighted by atomic mass is 14.6. The first kappa shape index (κ1) is 31.0. The molecule has 0 heterocycles. The van der Waals surface area contributed by atoms with Crippen molar-refractivity contribution in [2.24, 2.45) is 76.9 Å². The lowest BCUT2D eigenvalue weighted by Crippen LogP contribution is -2.53. The zero-order valence-corrected chi connectivity index (χ0v) is 28.2. The second-order valence-corrected chi connectivity index (χ2v) is 17.4. The summed E-state index contributed by atoms with van der Waals surface area (Å²) in [6.45, 7) is 7.72. The van der Waals surface area contributed by atoms with Gasteiger partial charge in [-0.15, -0.1) is 0 Å². The predicted molar refractivity (Wildman–Crippen MR) is 178 cm³/mol. The highest BCUT2D eigenvalue weighted by Crippen LogP contribution is 2.62. The Bertz CT molecular complexity index is 768.